The molecule has 0 aromatic rings. The largest absolute Gasteiger partial charge is 0.472 e. The smallest absolute Gasteiger partial charge is 0.462 e. The summed E-state index contributed by atoms with van der Waals surface area (Å²) in [5.74, 6) is -0.812. The molecule has 0 fully saturated rings. The molecule has 0 radical (unpaired) electrons. The minimum absolute atomic E-state index is 0.0171. The zero-order valence-corrected chi connectivity index (χ0v) is 38.9. The van der Waals surface area contributed by atoms with Gasteiger partial charge in [-0.25, -0.2) is 4.57 Å². The van der Waals surface area contributed by atoms with Crippen LogP contribution in [0.2, 0.25) is 0 Å². The van der Waals surface area contributed by atoms with Crippen LogP contribution >= 0.6 is 7.82 Å². The fourth-order valence-electron chi connectivity index (χ4n) is 6.88. The molecule has 0 amide bonds. The van der Waals surface area contributed by atoms with Gasteiger partial charge in [-0.05, 0) is 52.0 Å². The molecule has 0 aromatic carbocycles. The van der Waals surface area contributed by atoms with Crippen LogP contribution in [-0.2, 0) is 32.7 Å². The van der Waals surface area contributed by atoms with Crippen molar-refractivity contribution in [1.29, 1.82) is 0 Å². The van der Waals surface area contributed by atoms with Gasteiger partial charge in [0.1, 0.15) is 6.61 Å². The lowest BCUT2D eigenvalue weighted by molar-refractivity contribution is -0.161. The molecule has 2 N–H and O–H groups in total. The molecule has 2 unspecified atom stereocenters. The Balaban J connectivity index is 4.12. The summed E-state index contributed by atoms with van der Waals surface area (Å²) < 4.78 is 33.3. The SMILES string of the molecule is CCCCC/C=C\C/C=C\CCCCCCCC(=O)OCC(COP(=O)(O)OCCNC)OC(=O)CCCCCCCCCCCCCCCCCCCCCCC. The van der Waals surface area contributed by atoms with Crippen LogP contribution in [-0.4, -0.2) is 56.3 Å². The van der Waals surface area contributed by atoms with Gasteiger partial charge in [-0.2, -0.15) is 0 Å². The Hall–Kier alpha value is -1.51. The highest BCUT2D eigenvalue weighted by Crippen LogP contribution is 2.43. The van der Waals surface area contributed by atoms with Gasteiger partial charge in [-0.15, -0.1) is 0 Å². The normalized spacial score (nSPS) is 13.4. The standard InChI is InChI=1S/C48H92NO8P/c1-4-6-8-10-12-14-16-18-20-21-22-23-24-25-27-29-31-33-35-37-39-41-48(51)57-46(45-56-58(52,53)55-43-42-49-3)44-54-47(50)40-38-36-34-32-30-28-26-19-17-15-13-11-9-7-5-2/h13,15,19,26,46,49H,4-12,14,16-18,20-25,27-45H2,1-3H3,(H,52,53)/b15-13-,26-19-. The first kappa shape index (κ1) is 56.5. The summed E-state index contributed by atoms with van der Waals surface area (Å²) in [6.45, 7) is 4.22. The third-order valence-corrected chi connectivity index (χ3v) is 11.6. The van der Waals surface area contributed by atoms with E-state index in [1.807, 2.05) is 0 Å². The third-order valence-electron chi connectivity index (χ3n) is 10.6. The second-order valence-electron chi connectivity index (χ2n) is 16.3. The van der Waals surface area contributed by atoms with Gasteiger partial charge >= 0.3 is 19.8 Å². The van der Waals surface area contributed by atoms with Crippen molar-refractivity contribution < 1.29 is 37.6 Å². The Morgan fingerprint density at radius 2 is 0.931 bits per heavy atom. The van der Waals surface area contributed by atoms with Gasteiger partial charge in [0.05, 0.1) is 13.2 Å². The number of allylic oxidation sites excluding steroid dienone is 4. The Bertz CT molecular complexity index is 1010. The van der Waals surface area contributed by atoms with Crippen molar-refractivity contribution >= 4 is 19.8 Å². The van der Waals surface area contributed by atoms with E-state index in [1.165, 1.54) is 141 Å². The van der Waals surface area contributed by atoms with Crippen LogP contribution in [0, 0.1) is 0 Å². The molecule has 58 heavy (non-hydrogen) atoms. The van der Waals surface area contributed by atoms with Crippen LogP contribution in [0.15, 0.2) is 24.3 Å². The first-order valence-electron chi connectivity index (χ1n) is 24.3. The number of nitrogens with one attached hydrogen (secondary N) is 1. The highest BCUT2D eigenvalue weighted by atomic mass is 31.2. The molecule has 342 valence electrons. The van der Waals surface area contributed by atoms with Gasteiger partial charge in [0.2, 0.25) is 0 Å². The molecule has 0 saturated carbocycles. The zero-order valence-electron chi connectivity index (χ0n) is 38.0. The molecule has 0 aromatic heterocycles. The predicted molar refractivity (Wildman–Crippen MR) is 243 cm³/mol. The quantitative estimate of drug-likeness (QED) is 0.0267. The molecule has 9 nitrogen and oxygen atoms in total. The van der Waals surface area contributed by atoms with Crippen molar-refractivity contribution in [3.05, 3.63) is 24.3 Å². The summed E-state index contributed by atoms with van der Waals surface area (Å²) in [5, 5.41) is 2.83. The summed E-state index contributed by atoms with van der Waals surface area (Å²) in [7, 11) is -2.65. The van der Waals surface area contributed by atoms with Crippen LogP contribution in [0.3, 0.4) is 0 Å². The van der Waals surface area contributed by atoms with E-state index in [0.29, 0.717) is 13.0 Å². The van der Waals surface area contributed by atoms with E-state index in [9.17, 15) is 19.0 Å². The summed E-state index contributed by atoms with van der Waals surface area (Å²) in [5.41, 5.74) is 0. The molecule has 0 aliphatic heterocycles. The van der Waals surface area contributed by atoms with Crippen LogP contribution < -0.4 is 5.32 Å². The average Bonchev–Trinajstić information content (AvgIpc) is 3.21. The fourth-order valence-corrected chi connectivity index (χ4v) is 7.63. The molecule has 0 rings (SSSR count). The van der Waals surface area contributed by atoms with Gasteiger partial charge in [-0.1, -0.05) is 199 Å². The van der Waals surface area contributed by atoms with Crippen molar-refractivity contribution in [1.82, 2.24) is 5.32 Å². The summed E-state index contributed by atoms with van der Waals surface area (Å²) in [6, 6.07) is 0. The van der Waals surface area contributed by atoms with E-state index in [2.05, 4.69) is 43.5 Å². The van der Waals surface area contributed by atoms with E-state index in [1.54, 1.807) is 7.05 Å². The van der Waals surface area contributed by atoms with E-state index in [0.717, 1.165) is 57.8 Å². The molecule has 0 bridgehead atoms. The molecule has 0 aliphatic rings. The van der Waals surface area contributed by atoms with E-state index in [4.69, 9.17) is 18.5 Å². The number of likely N-dealkylation sites (N-methyl/N-ethyl adjacent to an activating group) is 1. The summed E-state index contributed by atoms with van der Waals surface area (Å²) in [6.07, 6.45) is 48.0. The Labute approximate surface area is 357 Å². The number of hydrogen-bond donors (Lipinski definition) is 2. The zero-order chi connectivity index (χ0) is 42.5. The predicted octanol–water partition coefficient (Wildman–Crippen LogP) is 14.2. The van der Waals surface area contributed by atoms with Crippen LogP contribution in [0.25, 0.3) is 0 Å². The number of unbranched alkanes of at least 4 members (excludes halogenated alkanes) is 28. The molecular weight excluding hydrogens is 750 g/mol. The van der Waals surface area contributed by atoms with E-state index < -0.39 is 26.5 Å². The number of esters is 2. The average molecular weight is 842 g/mol. The first-order valence-corrected chi connectivity index (χ1v) is 25.8. The molecule has 10 heteroatoms. The van der Waals surface area contributed by atoms with Crippen molar-refractivity contribution in [3.8, 4) is 0 Å². The van der Waals surface area contributed by atoms with Gasteiger partial charge < -0.3 is 19.7 Å². The third kappa shape index (κ3) is 44.1. The van der Waals surface area contributed by atoms with Gasteiger partial charge in [-0.3, -0.25) is 18.6 Å². The monoisotopic (exact) mass is 842 g/mol. The minimum atomic E-state index is -4.35. The van der Waals surface area contributed by atoms with Gasteiger partial charge in [0.15, 0.2) is 6.10 Å². The van der Waals surface area contributed by atoms with Crippen molar-refractivity contribution in [2.24, 2.45) is 0 Å². The fraction of sp³-hybridized carbons (Fsp3) is 0.875. The number of hydrogen-bond acceptors (Lipinski definition) is 8. The van der Waals surface area contributed by atoms with Crippen LogP contribution in [0.5, 0.6) is 0 Å². The van der Waals surface area contributed by atoms with Crippen molar-refractivity contribution in [3.63, 3.8) is 0 Å². The lowest BCUT2D eigenvalue weighted by Crippen LogP contribution is -2.29. The first-order chi connectivity index (χ1) is 28.3. The van der Waals surface area contributed by atoms with Crippen LogP contribution in [0.4, 0.5) is 0 Å². The van der Waals surface area contributed by atoms with E-state index >= 15 is 0 Å². The number of carbonyl (C=O) groups is 2. The number of carbonyl (C=O) groups excluding carboxylic acids is 2. The molecule has 2 atom stereocenters. The molecule has 0 spiro atoms. The Morgan fingerprint density at radius 1 is 0.534 bits per heavy atom. The van der Waals surface area contributed by atoms with Gasteiger partial charge in [0.25, 0.3) is 0 Å². The van der Waals surface area contributed by atoms with Gasteiger partial charge in [0, 0.05) is 19.4 Å². The lowest BCUT2D eigenvalue weighted by atomic mass is 10.0. The maximum absolute atomic E-state index is 12.7. The molecule has 0 aliphatic carbocycles. The molecule has 0 heterocycles. The van der Waals surface area contributed by atoms with Crippen LogP contribution in [0.1, 0.15) is 232 Å². The van der Waals surface area contributed by atoms with E-state index in [-0.39, 0.29) is 32.0 Å². The maximum Gasteiger partial charge on any atom is 0.472 e. The Kier molecular flexibility index (Phi) is 43.9. The maximum atomic E-state index is 12.7. The summed E-state index contributed by atoms with van der Waals surface area (Å²) >= 11 is 0. The lowest BCUT2D eigenvalue weighted by Gasteiger charge is -2.20. The second kappa shape index (κ2) is 45.0. The van der Waals surface area contributed by atoms with Crippen molar-refractivity contribution in [2.75, 3.05) is 33.4 Å². The topological polar surface area (TPSA) is 120 Å². The number of phosphoric acid groups is 1. The highest BCUT2D eigenvalue weighted by molar-refractivity contribution is 7.47. The molecular formula is C48H92NO8P. The number of phosphoric ester groups is 1. The number of ether oxygens (including phenoxy) is 2. The number of rotatable bonds is 46. The van der Waals surface area contributed by atoms with Crippen molar-refractivity contribution in [2.45, 2.75) is 238 Å². The Morgan fingerprint density at radius 3 is 1.40 bits per heavy atom. The summed E-state index contributed by atoms with van der Waals surface area (Å²) in [4.78, 5) is 35.1. The second-order valence-corrected chi connectivity index (χ2v) is 17.8. The molecule has 0 saturated heterocycles. The minimum Gasteiger partial charge on any atom is -0.462 e. The highest BCUT2D eigenvalue weighted by Gasteiger charge is 2.26.